The molecule has 35 heavy (non-hydrogen) atoms. The van der Waals surface area contributed by atoms with Crippen molar-refractivity contribution in [1.29, 1.82) is 0 Å². The normalized spacial score (nSPS) is 15.9. The number of carbonyl (C=O) groups excluding carboxylic acids is 1. The molecule has 1 N–H and O–H groups in total. The zero-order chi connectivity index (χ0) is 25.2. The average molecular weight is 639 g/mol. The molecule has 1 saturated heterocycles. The van der Waals surface area contributed by atoms with Crippen molar-refractivity contribution >= 4 is 82.3 Å². The first-order valence-electron chi connectivity index (χ1n) is 9.64. The van der Waals surface area contributed by atoms with Gasteiger partial charge >= 0.3 is 10.1 Å². The maximum atomic E-state index is 12.5. The highest BCUT2D eigenvalue weighted by Crippen LogP contribution is 2.33. The first-order chi connectivity index (χ1) is 16.6. The fourth-order valence-corrected chi connectivity index (χ4v) is 5.48. The van der Waals surface area contributed by atoms with Crippen LogP contribution < -0.4 is 9.50 Å². The van der Waals surface area contributed by atoms with Crippen LogP contribution in [0.5, 0.6) is 5.75 Å². The zero-order valence-electron chi connectivity index (χ0n) is 17.3. The molecule has 1 aliphatic rings. The smallest absolute Gasteiger partial charge is 0.339 e. The van der Waals surface area contributed by atoms with Crippen molar-refractivity contribution in [2.45, 2.75) is 4.90 Å². The van der Waals surface area contributed by atoms with E-state index in [4.69, 9.17) is 4.18 Å². The minimum absolute atomic E-state index is 0.0199. The average Bonchev–Trinajstić information content (AvgIpc) is 3.15. The number of thioether (sulfide) groups is 1. The molecule has 1 amide bonds. The van der Waals surface area contributed by atoms with E-state index < -0.39 is 15.0 Å². The van der Waals surface area contributed by atoms with E-state index in [1.54, 1.807) is 18.2 Å². The van der Waals surface area contributed by atoms with Crippen molar-refractivity contribution in [2.75, 3.05) is 0 Å². The van der Waals surface area contributed by atoms with E-state index in [1.807, 2.05) is 24.3 Å². The Kier molecular flexibility index (Phi) is 7.40. The van der Waals surface area contributed by atoms with E-state index >= 15 is 0 Å². The molecule has 1 fully saturated rings. The van der Waals surface area contributed by atoms with Crippen molar-refractivity contribution in [2.24, 2.45) is 4.99 Å². The van der Waals surface area contributed by atoms with Crippen molar-refractivity contribution in [1.82, 2.24) is 5.32 Å². The quantitative estimate of drug-likeness (QED) is 0.157. The van der Waals surface area contributed by atoms with Crippen molar-refractivity contribution in [3.05, 3.63) is 96.3 Å². The van der Waals surface area contributed by atoms with Crippen molar-refractivity contribution in [3.8, 4) is 5.75 Å². The van der Waals surface area contributed by atoms with Crippen molar-refractivity contribution in [3.63, 3.8) is 0 Å². The van der Waals surface area contributed by atoms with Crippen molar-refractivity contribution < 1.29 is 22.3 Å². The van der Waals surface area contributed by atoms with Crippen LogP contribution in [0, 0.1) is 10.1 Å². The Labute approximate surface area is 220 Å². The lowest BCUT2D eigenvalue weighted by Gasteiger charge is -2.09. The standard InChI is InChI=1S/C22H13Br2N3O6S2/c23-14-2-4-15(5-3-14)25-22-26-21(28)20(34-22)12-13-1-10-19(18(24)11-13)33-35(31,32)17-8-6-16(7-9-17)27(29)30/h1-12H,(H,25,26,28)/b20-12-. The third-order valence-corrected chi connectivity index (χ3v) is 7.80. The molecule has 0 unspecified atom stereocenters. The maximum Gasteiger partial charge on any atom is 0.339 e. The van der Waals surface area contributed by atoms with Crippen LogP contribution in [0.25, 0.3) is 6.08 Å². The Morgan fingerprint density at radius 1 is 1.03 bits per heavy atom. The fourth-order valence-electron chi connectivity index (χ4n) is 2.84. The number of halogens is 2. The number of carbonyl (C=O) groups is 1. The molecule has 0 saturated carbocycles. The summed E-state index contributed by atoms with van der Waals surface area (Å²) in [6.07, 6.45) is 1.64. The van der Waals surface area contributed by atoms with Crippen LogP contribution in [0.15, 0.2) is 90.5 Å². The summed E-state index contributed by atoms with van der Waals surface area (Å²) in [4.78, 5) is 27.1. The number of nitrogens with zero attached hydrogens (tertiary/aromatic N) is 2. The first kappa shape index (κ1) is 25.1. The molecule has 13 heteroatoms. The summed E-state index contributed by atoms with van der Waals surface area (Å²) in [5.74, 6) is -0.283. The lowest BCUT2D eigenvalue weighted by Crippen LogP contribution is -2.19. The molecule has 0 spiro atoms. The topological polar surface area (TPSA) is 128 Å². The van der Waals surface area contributed by atoms with Gasteiger partial charge in [-0.25, -0.2) is 4.99 Å². The summed E-state index contributed by atoms with van der Waals surface area (Å²) < 4.78 is 31.5. The molecule has 1 heterocycles. The SMILES string of the molecule is O=C1NC(=Nc2ccc(Br)cc2)S/C1=C\c1ccc(OS(=O)(=O)c2ccc([N+](=O)[O-])cc2)c(Br)c1. The lowest BCUT2D eigenvalue weighted by molar-refractivity contribution is -0.384. The van der Waals surface area contributed by atoms with E-state index in [1.165, 1.54) is 17.8 Å². The summed E-state index contributed by atoms with van der Waals surface area (Å²) in [6.45, 7) is 0. The number of non-ortho nitro benzene ring substituents is 1. The van der Waals surface area contributed by atoms with Crippen LogP contribution >= 0.6 is 43.6 Å². The Bertz CT molecular complexity index is 1490. The molecule has 0 aromatic heterocycles. The molecular formula is C22H13Br2N3O6S2. The number of nitro groups is 1. The van der Waals surface area contributed by atoms with Gasteiger partial charge < -0.3 is 9.50 Å². The second-order valence-electron chi connectivity index (χ2n) is 6.94. The molecule has 0 bridgehead atoms. The van der Waals surface area contributed by atoms with E-state index in [0.717, 1.165) is 28.7 Å². The summed E-state index contributed by atoms with van der Waals surface area (Å²) in [7, 11) is -4.22. The van der Waals surface area contributed by atoms with Gasteiger partial charge in [0.1, 0.15) is 4.90 Å². The number of amides is 1. The highest BCUT2D eigenvalue weighted by atomic mass is 79.9. The van der Waals surface area contributed by atoms with Gasteiger partial charge in [0.15, 0.2) is 10.9 Å². The number of rotatable bonds is 6. The van der Waals surface area contributed by atoms with Gasteiger partial charge in [0.25, 0.3) is 11.6 Å². The van der Waals surface area contributed by atoms with Crippen LogP contribution in [0.3, 0.4) is 0 Å². The van der Waals surface area contributed by atoms with E-state index in [2.05, 4.69) is 42.2 Å². The van der Waals surface area contributed by atoms with Crippen LogP contribution in [-0.2, 0) is 14.9 Å². The van der Waals surface area contributed by atoms with Crippen LogP contribution in [-0.4, -0.2) is 24.4 Å². The molecule has 0 atom stereocenters. The molecule has 1 aliphatic heterocycles. The molecule has 9 nitrogen and oxygen atoms in total. The number of hydrogen-bond donors (Lipinski definition) is 1. The number of hydrogen-bond acceptors (Lipinski definition) is 8. The van der Waals surface area contributed by atoms with Crippen LogP contribution in [0.1, 0.15) is 5.56 Å². The lowest BCUT2D eigenvalue weighted by atomic mass is 10.2. The minimum atomic E-state index is -4.22. The molecule has 0 radical (unpaired) electrons. The maximum absolute atomic E-state index is 12.5. The third kappa shape index (κ3) is 6.17. The molecule has 178 valence electrons. The summed E-state index contributed by atoms with van der Waals surface area (Å²) in [5, 5.41) is 13.9. The number of nitrogens with one attached hydrogen (secondary N) is 1. The van der Waals surface area contributed by atoms with Gasteiger partial charge in [-0.15, -0.1) is 0 Å². The summed E-state index contributed by atoms with van der Waals surface area (Å²) in [5.41, 5.74) is 1.08. The van der Waals surface area contributed by atoms with Gasteiger partial charge in [-0.05, 0) is 87.9 Å². The minimum Gasteiger partial charge on any atom is -0.378 e. The molecule has 4 rings (SSSR count). The van der Waals surface area contributed by atoms with E-state index in [-0.39, 0.29) is 22.2 Å². The fraction of sp³-hybridized carbons (Fsp3) is 0. The second kappa shape index (κ2) is 10.3. The number of amidine groups is 1. The van der Waals surface area contributed by atoms with E-state index in [0.29, 0.717) is 25.8 Å². The molecule has 3 aromatic carbocycles. The predicted molar refractivity (Wildman–Crippen MR) is 140 cm³/mol. The molecular weight excluding hydrogens is 626 g/mol. The number of nitro benzene ring substituents is 1. The Morgan fingerprint density at radius 2 is 1.71 bits per heavy atom. The van der Waals surface area contributed by atoms with E-state index in [9.17, 15) is 23.3 Å². The Morgan fingerprint density at radius 3 is 2.34 bits per heavy atom. The largest absolute Gasteiger partial charge is 0.378 e. The van der Waals surface area contributed by atoms with Gasteiger partial charge in [-0.2, -0.15) is 8.42 Å². The zero-order valence-corrected chi connectivity index (χ0v) is 22.1. The highest BCUT2D eigenvalue weighted by molar-refractivity contribution is 9.10. The molecule has 0 aliphatic carbocycles. The number of benzene rings is 3. The molecule has 3 aromatic rings. The van der Waals surface area contributed by atoms with Gasteiger partial charge in [0.05, 0.1) is 20.0 Å². The van der Waals surface area contributed by atoms with Crippen LogP contribution in [0.2, 0.25) is 0 Å². The second-order valence-corrected chi connectivity index (χ2v) is 11.3. The van der Waals surface area contributed by atoms with Gasteiger partial charge in [0.2, 0.25) is 0 Å². The summed E-state index contributed by atoms with van der Waals surface area (Å²) >= 11 is 7.83. The predicted octanol–water partition coefficient (Wildman–Crippen LogP) is 5.78. The monoisotopic (exact) mass is 637 g/mol. The highest BCUT2D eigenvalue weighted by Gasteiger charge is 2.24. The van der Waals surface area contributed by atoms with Gasteiger partial charge in [-0.3, -0.25) is 14.9 Å². The number of aliphatic imine (C=N–C) groups is 1. The van der Waals surface area contributed by atoms with Gasteiger partial charge in [0, 0.05) is 16.6 Å². The Balaban J connectivity index is 1.50. The van der Waals surface area contributed by atoms with Crippen LogP contribution in [0.4, 0.5) is 11.4 Å². The third-order valence-electron chi connectivity index (χ3n) is 4.50. The summed E-state index contributed by atoms with van der Waals surface area (Å²) in [6, 6.07) is 16.3. The first-order valence-corrected chi connectivity index (χ1v) is 13.5. The Hall–Kier alpha value is -3.00. The van der Waals surface area contributed by atoms with Gasteiger partial charge in [-0.1, -0.05) is 22.0 Å².